The van der Waals surface area contributed by atoms with E-state index in [0.717, 1.165) is 0 Å². The number of nitrogens with two attached hydrogens (primary N) is 1. The van der Waals surface area contributed by atoms with Crippen LogP contribution in [0.4, 0.5) is 5.95 Å². The van der Waals surface area contributed by atoms with Crippen molar-refractivity contribution in [3.63, 3.8) is 0 Å². The van der Waals surface area contributed by atoms with Crippen LogP contribution in [0.25, 0.3) is 11.2 Å². The standard InChI is InChI=1S/C12H14ClN5O3/c1-2-5-8(20)6(3-19)21-11(5)18-4-15-7-9(13)16-12(14)17-10(7)18/h2,4-6,8,11,19-20H,1,3H2,(H2,14,16,17)/t5-,6-,8+,11-/m1/s1. The van der Waals surface area contributed by atoms with E-state index in [2.05, 4.69) is 21.5 Å². The van der Waals surface area contributed by atoms with Gasteiger partial charge in [0.1, 0.15) is 17.8 Å². The third kappa shape index (κ3) is 2.16. The molecule has 1 fully saturated rings. The van der Waals surface area contributed by atoms with Crippen LogP contribution < -0.4 is 5.73 Å². The van der Waals surface area contributed by atoms with Crippen LogP contribution >= 0.6 is 11.6 Å². The van der Waals surface area contributed by atoms with E-state index >= 15 is 0 Å². The summed E-state index contributed by atoms with van der Waals surface area (Å²) in [5.41, 5.74) is 6.39. The molecule has 0 aromatic carbocycles. The highest BCUT2D eigenvalue weighted by Crippen LogP contribution is 2.37. The van der Waals surface area contributed by atoms with Crippen molar-refractivity contribution >= 4 is 28.7 Å². The van der Waals surface area contributed by atoms with E-state index in [4.69, 9.17) is 22.1 Å². The average molecular weight is 312 g/mol. The molecule has 1 saturated heterocycles. The summed E-state index contributed by atoms with van der Waals surface area (Å²) in [6.07, 6.45) is 0.876. The van der Waals surface area contributed by atoms with E-state index in [1.54, 1.807) is 10.6 Å². The number of fused-ring (bicyclic) bond motifs is 1. The molecular formula is C12H14ClN5O3. The second-order valence-corrected chi connectivity index (χ2v) is 5.11. The molecule has 112 valence electrons. The molecule has 1 aliphatic rings. The number of imidazole rings is 1. The number of rotatable bonds is 3. The Labute approximate surface area is 124 Å². The molecule has 0 spiro atoms. The summed E-state index contributed by atoms with van der Waals surface area (Å²) in [4.78, 5) is 12.1. The Balaban J connectivity index is 2.10. The van der Waals surface area contributed by atoms with E-state index < -0.39 is 24.4 Å². The first-order valence-electron chi connectivity index (χ1n) is 6.29. The van der Waals surface area contributed by atoms with Crippen LogP contribution in [0.15, 0.2) is 19.0 Å². The molecule has 0 amide bonds. The molecule has 1 aliphatic heterocycles. The Morgan fingerprint density at radius 1 is 1.52 bits per heavy atom. The number of hydrogen-bond acceptors (Lipinski definition) is 7. The molecule has 3 heterocycles. The van der Waals surface area contributed by atoms with E-state index in [9.17, 15) is 10.2 Å². The molecule has 0 aliphatic carbocycles. The first-order valence-corrected chi connectivity index (χ1v) is 6.67. The minimum Gasteiger partial charge on any atom is -0.394 e. The van der Waals surface area contributed by atoms with Crippen molar-refractivity contribution in [2.75, 3.05) is 12.3 Å². The van der Waals surface area contributed by atoms with E-state index in [1.165, 1.54) is 6.33 Å². The Kier molecular flexibility index (Phi) is 3.54. The summed E-state index contributed by atoms with van der Waals surface area (Å²) < 4.78 is 7.27. The fourth-order valence-electron chi connectivity index (χ4n) is 2.51. The summed E-state index contributed by atoms with van der Waals surface area (Å²) in [5, 5.41) is 19.5. The largest absolute Gasteiger partial charge is 0.394 e. The summed E-state index contributed by atoms with van der Waals surface area (Å²) in [6, 6.07) is 0. The molecule has 8 nitrogen and oxygen atoms in total. The lowest BCUT2D eigenvalue weighted by Gasteiger charge is -2.18. The first-order chi connectivity index (χ1) is 10.1. The van der Waals surface area contributed by atoms with Crippen LogP contribution in [0.1, 0.15) is 6.23 Å². The molecule has 2 aromatic rings. The zero-order valence-corrected chi connectivity index (χ0v) is 11.7. The Morgan fingerprint density at radius 3 is 2.95 bits per heavy atom. The van der Waals surface area contributed by atoms with Crippen molar-refractivity contribution in [1.82, 2.24) is 19.5 Å². The van der Waals surface area contributed by atoms with Gasteiger partial charge in [-0.25, -0.2) is 4.98 Å². The fraction of sp³-hybridized carbons (Fsp3) is 0.417. The number of aliphatic hydroxyl groups is 2. The number of halogens is 1. The van der Waals surface area contributed by atoms with E-state index in [1.807, 2.05) is 0 Å². The fourth-order valence-corrected chi connectivity index (χ4v) is 2.73. The van der Waals surface area contributed by atoms with E-state index in [0.29, 0.717) is 11.2 Å². The number of aromatic nitrogens is 4. The molecule has 4 N–H and O–H groups in total. The van der Waals surface area contributed by atoms with Crippen molar-refractivity contribution in [3.05, 3.63) is 24.1 Å². The van der Waals surface area contributed by atoms with E-state index in [-0.39, 0.29) is 17.7 Å². The summed E-state index contributed by atoms with van der Waals surface area (Å²) in [6.45, 7) is 3.40. The van der Waals surface area contributed by atoms with Crippen LogP contribution in [0.5, 0.6) is 0 Å². The molecule has 0 radical (unpaired) electrons. The van der Waals surface area contributed by atoms with Crippen molar-refractivity contribution in [2.45, 2.75) is 18.4 Å². The molecule has 0 bridgehead atoms. The molecule has 2 aromatic heterocycles. The number of hydrogen-bond donors (Lipinski definition) is 3. The third-order valence-electron chi connectivity index (χ3n) is 3.54. The zero-order chi connectivity index (χ0) is 15.1. The summed E-state index contributed by atoms with van der Waals surface area (Å²) in [5.74, 6) is -0.406. The number of nitrogen functional groups attached to an aromatic ring is 1. The van der Waals surface area contributed by atoms with Crippen molar-refractivity contribution in [2.24, 2.45) is 5.92 Å². The van der Waals surface area contributed by atoms with Crippen LogP contribution in [-0.2, 0) is 4.74 Å². The highest BCUT2D eigenvalue weighted by Gasteiger charge is 2.43. The lowest BCUT2D eigenvalue weighted by Crippen LogP contribution is -2.28. The molecule has 9 heteroatoms. The lowest BCUT2D eigenvalue weighted by atomic mass is 10.00. The van der Waals surface area contributed by atoms with Gasteiger partial charge in [0, 0.05) is 0 Å². The Morgan fingerprint density at radius 2 is 2.29 bits per heavy atom. The van der Waals surface area contributed by atoms with Crippen LogP contribution in [0.3, 0.4) is 0 Å². The maximum absolute atomic E-state index is 10.1. The van der Waals surface area contributed by atoms with Gasteiger partial charge in [0.2, 0.25) is 5.95 Å². The number of nitrogens with zero attached hydrogens (tertiary/aromatic N) is 4. The van der Waals surface area contributed by atoms with Gasteiger partial charge in [0.25, 0.3) is 0 Å². The first kappa shape index (κ1) is 14.2. The topological polar surface area (TPSA) is 119 Å². The summed E-state index contributed by atoms with van der Waals surface area (Å²) in [7, 11) is 0. The number of aliphatic hydroxyl groups excluding tert-OH is 2. The average Bonchev–Trinajstić information content (AvgIpc) is 2.99. The highest BCUT2D eigenvalue weighted by molar-refractivity contribution is 6.33. The molecular weight excluding hydrogens is 298 g/mol. The molecule has 0 saturated carbocycles. The smallest absolute Gasteiger partial charge is 0.223 e. The van der Waals surface area contributed by atoms with Crippen LogP contribution in [-0.4, -0.2) is 48.5 Å². The molecule has 21 heavy (non-hydrogen) atoms. The van der Waals surface area contributed by atoms with Crippen LogP contribution in [0, 0.1) is 5.92 Å². The Hall–Kier alpha value is -1.74. The monoisotopic (exact) mass is 311 g/mol. The quantitative estimate of drug-likeness (QED) is 0.544. The lowest BCUT2D eigenvalue weighted by molar-refractivity contribution is -0.0442. The third-order valence-corrected chi connectivity index (χ3v) is 3.80. The van der Waals surface area contributed by atoms with Gasteiger partial charge in [-0.05, 0) is 0 Å². The van der Waals surface area contributed by atoms with Gasteiger partial charge >= 0.3 is 0 Å². The van der Waals surface area contributed by atoms with Gasteiger partial charge in [-0.1, -0.05) is 17.7 Å². The van der Waals surface area contributed by atoms with Gasteiger partial charge in [-0.3, -0.25) is 4.57 Å². The second kappa shape index (κ2) is 5.23. The highest BCUT2D eigenvalue weighted by atomic mass is 35.5. The van der Waals surface area contributed by atoms with Gasteiger partial charge in [0.15, 0.2) is 10.8 Å². The number of ether oxygens (including phenoxy) is 1. The molecule has 0 unspecified atom stereocenters. The van der Waals surface area contributed by atoms with Crippen molar-refractivity contribution in [1.29, 1.82) is 0 Å². The van der Waals surface area contributed by atoms with Crippen LogP contribution in [0.2, 0.25) is 5.15 Å². The normalized spacial score (nSPS) is 29.1. The van der Waals surface area contributed by atoms with Crippen molar-refractivity contribution < 1.29 is 14.9 Å². The van der Waals surface area contributed by atoms with Gasteiger partial charge in [-0.15, -0.1) is 6.58 Å². The zero-order valence-electron chi connectivity index (χ0n) is 10.9. The Bertz CT molecular complexity index is 691. The minimum atomic E-state index is -0.871. The van der Waals surface area contributed by atoms with Gasteiger partial charge in [-0.2, -0.15) is 9.97 Å². The van der Waals surface area contributed by atoms with Gasteiger partial charge in [0.05, 0.1) is 25.0 Å². The number of anilines is 1. The summed E-state index contributed by atoms with van der Waals surface area (Å²) >= 11 is 5.98. The SMILES string of the molecule is C=C[C@@H]1[C@H](O)[C@@H](CO)O[C@H]1n1cnc2c(Cl)nc(N)nc21. The predicted molar refractivity (Wildman–Crippen MR) is 75.4 cm³/mol. The maximum atomic E-state index is 10.1. The van der Waals surface area contributed by atoms with Gasteiger partial charge < -0.3 is 20.7 Å². The maximum Gasteiger partial charge on any atom is 0.223 e. The second-order valence-electron chi connectivity index (χ2n) is 4.75. The minimum absolute atomic E-state index is 0.0154. The van der Waals surface area contributed by atoms with Crippen molar-refractivity contribution in [3.8, 4) is 0 Å². The molecule has 3 rings (SSSR count). The molecule has 4 atom stereocenters. The predicted octanol–water partition coefficient (Wildman–Crippen LogP) is 0.115.